The van der Waals surface area contributed by atoms with E-state index in [0.29, 0.717) is 26.9 Å². The number of nitro groups is 1. The maximum absolute atomic E-state index is 12.2. The summed E-state index contributed by atoms with van der Waals surface area (Å²) in [5.41, 5.74) is 3.43. The van der Waals surface area contributed by atoms with Gasteiger partial charge in [0.1, 0.15) is 0 Å². The Labute approximate surface area is 181 Å². The zero-order valence-corrected chi connectivity index (χ0v) is 17.0. The van der Waals surface area contributed by atoms with Crippen LogP contribution in [0.25, 0.3) is 0 Å². The average Bonchev–Trinajstić information content (AvgIpc) is 2.75. The van der Waals surface area contributed by atoms with E-state index in [1.807, 2.05) is 0 Å². The van der Waals surface area contributed by atoms with Crippen molar-refractivity contribution in [2.24, 2.45) is 5.10 Å². The summed E-state index contributed by atoms with van der Waals surface area (Å²) < 4.78 is 0. The van der Waals surface area contributed by atoms with Crippen molar-refractivity contribution < 1.29 is 14.5 Å². The lowest BCUT2D eigenvalue weighted by molar-refractivity contribution is -0.387. The maximum Gasteiger partial charge on any atom is 0.283 e. The van der Waals surface area contributed by atoms with E-state index in [0.717, 1.165) is 11.8 Å². The van der Waals surface area contributed by atoms with Gasteiger partial charge in [0, 0.05) is 42.2 Å². The van der Waals surface area contributed by atoms with Crippen LogP contribution in [0.3, 0.4) is 0 Å². The molecule has 156 valence electrons. The molecular weight excluding hydrogens is 420 g/mol. The fourth-order valence-electron chi connectivity index (χ4n) is 2.45. The van der Waals surface area contributed by atoms with Crippen molar-refractivity contribution in [1.82, 2.24) is 15.4 Å². The van der Waals surface area contributed by atoms with Crippen molar-refractivity contribution in [1.29, 1.82) is 0 Å². The van der Waals surface area contributed by atoms with Gasteiger partial charge in [-0.2, -0.15) is 5.10 Å². The Bertz CT molecular complexity index is 1150. The van der Waals surface area contributed by atoms with Gasteiger partial charge in [0.2, 0.25) is 5.91 Å². The number of hydrazone groups is 1. The monoisotopic (exact) mass is 436 g/mol. The molecule has 0 bridgehead atoms. The molecule has 0 spiro atoms. The number of amides is 2. The fourth-order valence-corrected chi connectivity index (χ4v) is 3.25. The van der Waals surface area contributed by atoms with Gasteiger partial charge in [-0.3, -0.25) is 19.7 Å². The minimum atomic E-state index is -0.505. The van der Waals surface area contributed by atoms with E-state index in [4.69, 9.17) is 0 Å². The number of nitrogens with zero attached hydrogens (tertiary/aromatic N) is 4. The van der Waals surface area contributed by atoms with E-state index in [9.17, 15) is 19.7 Å². The van der Waals surface area contributed by atoms with Crippen LogP contribution >= 0.6 is 11.8 Å². The first-order valence-electron chi connectivity index (χ1n) is 8.87. The third-order valence-corrected chi connectivity index (χ3v) is 4.71. The summed E-state index contributed by atoms with van der Waals surface area (Å²) >= 11 is 1.07. The standard InChI is InChI=1S/C20H16N6O4S/c1-13(27)24-16-5-2-4-15(11-16)19(28)25-23-12-14-6-7-18(17(10-14)26(29)30)31-20-21-8-3-9-22-20/h2-12H,1H3,(H,24,27)(H,25,28)/b23-12+. The van der Waals surface area contributed by atoms with Crippen molar-refractivity contribution in [3.05, 3.63) is 82.2 Å². The van der Waals surface area contributed by atoms with Crippen LogP contribution in [0.5, 0.6) is 0 Å². The molecule has 10 nitrogen and oxygen atoms in total. The van der Waals surface area contributed by atoms with Gasteiger partial charge in [-0.05, 0) is 42.1 Å². The van der Waals surface area contributed by atoms with Crippen molar-refractivity contribution in [2.45, 2.75) is 17.0 Å². The highest BCUT2D eigenvalue weighted by Gasteiger charge is 2.16. The average molecular weight is 436 g/mol. The first-order chi connectivity index (χ1) is 14.9. The first-order valence-corrected chi connectivity index (χ1v) is 9.68. The molecular formula is C20H16N6O4S. The number of carbonyl (C=O) groups excluding carboxylic acids is 2. The topological polar surface area (TPSA) is 139 Å². The number of benzene rings is 2. The Morgan fingerprint density at radius 1 is 1.13 bits per heavy atom. The molecule has 0 radical (unpaired) electrons. The summed E-state index contributed by atoms with van der Waals surface area (Å²) in [6.07, 6.45) is 4.41. The van der Waals surface area contributed by atoms with Crippen LogP contribution in [0, 0.1) is 10.1 Å². The highest BCUT2D eigenvalue weighted by Crippen LogP contribution is 2.33. The largest absolute Gasteiger partial charge is 0.326 e. The lowest BCUT2D eigenvalue weighted by Gasteiger charge is -2.05. The number of carbonyl (C=O) groups is 2. The maximum atomic E-state index is 12.2. The molecule has 0 aliphatic heterocycles. The highest BCUT2D eigenvalue weighted by atomic mass is 32.2. The number of nitro benzene ring substituents is 1. The van der Waals surface area contributed by atoms with Gasteiger partial charge in [0.15, 0.2) is 5.16 Å². The molecule has 0 saturated heterocycles. The molecule has 11 heteroatoms. The number of hydrogen-bond donors (Lipinski definition) is 2. The molecule has 1 aromatic heterocycles. The third kappa shape index (κ3) is 6.18. The summed E-state index contributed by atoms with van der Waals surface area (Å²) in [6.45, 7) is 1.37. The van der Waals surface area contributed by atoms with Gasteiger partial charge in [-0.1, -0.05) is 12.1 Å². The summed E-state index contributed by atoms with van der Waals surface area (Å²) in [7, 11) is 0. The number of anilines is 1. The predicted octanol–water partition coefficient (Wildman–Crippen LogP) is 3.26. The molecule has 2 N–H and O–H groups in total. The molecule has 0 saturated carbocycles. The molecule has 2 aromatic carbocycles. The normalized spacial score (nSPS) is 10.6. The molecule has 0 aliphatic carbocycles. The summed E-state index contributed by atoms with van der Waals surface area (Å²) in [5.74, 6) is -0.746. The van der Waals surface area contributed by atoms with Crippen LogP contribution < -0.4 is 10.7 Å². The van der Waals surface area contributed by atoms with E-state index >= 15 is 0 Å². The van der Waals surface area contributed by atoms with Crippen LogP contribution in [0.2, 0.25) is 0 Å². The van der Waals surface area contributed by atoms with Crippen LogP contribution in [0.1, 0.15) is 22.8 Å². The molecule has 0 fully saturated rings. The number of aromatic nitrogens is 2. The van der Waals surface area contributed by atoms with Gasteiger partial charge in [0.25, 0.3) is 11.6 Å². The van der Waals surface area contributed by atoms with E-state index in [-0.39, 0.29) is 11.6 Å². The molecule has 0 atom stereocenters. The molecule has 1 heterocycles. The van der Waals surface area contributed by atoms with E-state index in [2.05, 4.69) is 25.8 Å². The SMILES string of the molecule is CC(=O)Nc1cccc(C(=O)N/N=C/c2ccc(Sc3ncccn3)c([N+](=O)[O-])c2)c1. The summed E-state index contributed by atoms with van der Waals surface area (Å²) in [4.78, 5) is 42.8. The number of nitrogens with one attached hydrogen (secondary N) is 2. The first kappa shape index (κ1) is 21.6. The third-order valence-electron chi connectivity index (χ3n) is 3.75. The van der Waals surface area contributed by atoms with E-state index < -0.39 is 10.8 Å². The van der Waals surface area contributed by atoms with Crippen molar-refractivity contribution >= 4 is 41.2 Å². The Hall–Kier alpha value is -4.12. The van der Waals surface area contributed by atoms with Gasteiger partial charge in [0.05, 0.1) is 16.0 Å². The van der Waals surface area contributed by atoms with Crippen molar-refractivity contribution in [3.8, 4) is 0 Å². The summed E-state index contributed by atoms with van der Waals surface area (Å²) in [5, 5.41) is 18.3. The second-order valence-electron chi connectivity index (χ2n) is 6.08. The van der Waals surface area contributed by atoms with Gasteiger partial charge in [-0.25, -0.2) is 15.4 Å². The Morgan fingerprint density at radius 3 is 2.61 bits per heavy atom. The Balaban J connectivity index is 1.70. The highest BCUT2D eigenvalue weighted by molar-refractivity contribution is 7.99. The predicted molar refractivity (Wildman–Crippen MR) is 115 cm³/mol. The van der Waals surface area contributed by atoms with Gasteiger partial charge in [-0.15, -0.1) is 0 Å². The van der Waals surface area contributed by atoms with Crippen LogP contribution in [0.15, 0.2) is 76.1 Å². The molecule has 3 rings (SSSR count). The molecule has 0 aliphatic rings. The van der Waals surface area contributed by atoms with Crippen LogP contribution in [-0.2, 0) is 4.79 Å². The minimum absolute atomic E-state index is 0.129. The zero-order valence-electron chi connectivity index (χ0n) is 16.2. The van der Waals surface area contributed by atoms with Crippen LogP contribution in [0.4, 0.5) is 11.4 Å². The lowest BCUT2D eigenvalue weighted by atomic mass is 10.2. The smallest absolute Gasteiger partial charge is 0.283 e. The summed E-state index contributed by atoms with van der Waals surface area (Å²) in [6, 6.07) is 12.6. The van der Waals surface area contributed by atoms with Crippen molar-refractivity contribution in [2.75, 3.05) is 5.32 Å². The van der Waals surface area contributed by atoms with E-state index in [1.54, 1.807) is 48.8 Å². The van der Waals surface area contributed by atoms with Gasteiger partial charge >= 0.3 is 0 Å². The van der Waals surface area contributed by atoms with Gasteiger partial charge < -0.3 is 5.32 Å². The number of rotatable bonds is 7. The molecule has 0 unspecified atom stereocenters. The number of hydrogen-bond acceptors (Lipinski definition) is 8. The quantitative estimate of drug-likeness (QED) is 0.251. The fraction of sp³-hybridized carbons (Fsp3) is 0.0500. The molecule has 2 amide bonds. The minimum Gasteiger partial charge on any atom is -0.326 e. The zero-order chi connectivity index (χ0) is 22.2. The molecule has 3 aromatic rings. The lowest BCUT2D eigenvalue weighted by Crippen LogP contribution is -2.18. The molecule has 31 heavy (non-hydrogen) atoms. The van der Waals surface area contributed by atoms with E-state index in [1.165, 1.54) is 25.3 Å². The second kappa shape index (κ2) is 10.1. The van der Waals surface area contributed by atoms with Crippen molar-refractivity contribution in [3.63, 3.8) is 0 Å². The Kier molecular flexibility index (Phi) is 7.01. The Morgan fingerprint density at radius 2 is 1.90 bits per heavy atom. The van der Waals surface area contributed by atoms with Crippen LogP contribution in [-0.4, -0.2) is 32.9 Å². The second-order valence-corrected chi connectivity index (χ2v) is 7.09.